The number of methoxy groups -OCH3 is 1. The molecule has 0 atom stereocenters. The fourth-order valence-corrected chi connectivity index (χ4v) is 2.24. The highest BCUT2D eigenvalue weighted by molar-refractivity contribution is 5.52. The van der Waals surface area contributed by atoms with Gasteiger partial charge in [-0.25, -0.2) is 0 Å². The second-order valence-corrected chi connectivity index (χ2v) is 4.72. The molecule has 2 aromatic rings. The molecule has 0 N–H and O–H groups in total. The first-order chi connectivity index (χ1) is 10.3. The molecule has 0 unspecified atom stereocenters. The lowest BCUT2D eigenvalue weighted by Gasteiger charge is -2.24. The van der Waals surface area contributed by atoms with Crippen molar-refractivity contribution in [2.45, 2.75) is 13.3 Å². The van der Waals surface area contributed by atoms with Crippen molar-refractivity contribution >= 4 is 6.01 Å². The van der Waals surface area contributed by atoms with Crippen LogP contribution >= 0.6 is 0 Å². The van der Waals surface area contributed by atoms with Crippen LogP contribution in [0.5, 0.6) is 5.75 Å². The molecule has 1 aliphatic heterocycles. The number of hydrogen-bond donors (Lipinski definition) is 0. The summed E-state index contributed by atoms with van der Waals surface area (Å²) in [5.74, 6) is 1.19. The zero-order valence-electron chi connectivity index (χ0n) is 12.2. The van der Waals surface area contributed by atoms with Gasteiger partial charge < -0.3 is 18.8 Å². The van der Waals surface area contributed by atoms with Crippen molar-refractivity contribution in [2.24, 2.45) is 0 Å². The molecule has 7 nitrogen and oxygen atoms in total. The van der Waals surface area contributed by atoms with Crippen molar-refractivity contribution in [1.29, 1.82) is 0 Å². The van der Waals surface area contributed by atoms with Crippen LogP contribution in [0.2, 0.25) is 0 Å². The molecule has 2 aromatic heterocycles. The molecule has 0 spiro atoms. The van der Waals surface area contributed by atoms with E-state index in [1.54, 1.807) is 13.3 Å². The van der Waals surface area contributed by atoms with Gasteiger partial charge in [-0.2, -0.15) is 0 Å². The normalized spacial score (nSPS) is 15.2. The zero-order valence-corrected chi connectivity index (χ0v) is 12.2. The minimum atomic E-state index is 0.400. The second kappa shape index (κ2) is 6.09. The van der Waals surface area contributed by atoms with Gasteiger partial charge in [0.2, 0.25) is 0 Å². The van der Waals surface area contributed by atoms with E-state index in [1.807, 2.05) is 11.0 Å². The molecule has 1 fully saturated rings. The van der Waals surface area contributed by atoms with Crippen LogP contribution in [0.15, 0.2) is 16.7 Å². The van der Waals surface area contributed by atoms with Gasteiger partial charge in [0.1, 0.15) is 11.4 Å². The predicted octanol–water partition coefficient (Wildman–Crippen LogP) is 1.54. The van der Waals surface area contributed by atoms with Gasteiger partial charge in [0.25, 0.3) is 5.89 Å². The molecule has 7 heteroatoms. The Bertz CT molecular complexity index is 608. The SMILES string of the molecule is CCc1cnc(-c2nnc(N3CCOCC3)o2)cc1OC. The molecule has 112 valence electrons. The highest BCUT2D eigenvalue weighted by Crippen LogP contribution is 2.26. The van der Waals surface area contributed by atoms with Gasteiger partial charge in [0.05, 0.1) is 20.3 Å². The number of morpholine rings is 1. The van der Waals surface area contributed by atoms with Crippen molar-refractivity contribution in [3.05, 3.63) is 17.8 Å². The molecule has 0 saturated carbocycles. The van der Waals surface area contributed by atoms with Gasteiger partial charge in [-0.3, -0.25) is 4.98 Å². The van der Waals surface area contributed by atoms with Gasteiger partial charge in [-0.05, 0) is 6.42 Å². The van der Waals surface area contributed by atoms with Crippen molar-refractivity contribution in [3.8, 4) is 17.3 Å². The van der Waals surface area contributed by atoms with E-state index in [0.717, 1.165) is 30.8 Å². The summed E-state index contributed by atoms with van der Waals surface area (Å²) in [7, 11) is 1.64. The lowest BCUT2D eigenvalue weighted by Crippen LogP contribution is -2.36. The fourth-order valence-electron chi connectivity index (χ4n) is 2.24. The summed E-state index contributed by atoms with van der Waals surface area (Å²) in [5.41, 5.74) is 1.67. The Morgan fingerprint density at radius 3 is 2.81 bits per heavy atom. The molecule has 21 heavy (non-hydrogen) atoms. The summed E-state index contributed by atoms with van der Waals surface area (Å²) in [6.45, 7) is 4.92. The molecule has 0 amide bonds. The fraction of sp³-hybridized carbons (Fsp3) is 0.500. The summed E-state index contributed by atoms with van der Waals surface area (Å²) >= 11 is 0. The van der Waals surface area contributed by atoms with Crippen LogP contribution in [0.25, 0.3) is 11.6 Å². The van der Waals surface area contributed by atoms with Crippen LogP contribution in [0, 0.1) is 0 Å². The van der Waals surface area contributed by atoms with Gasteiger partial charge in [0, 0.05) is 30.9 Å². The van der Waals surface area contributed by atoms with Crippen molar-refractivity contribution in [3.63, 3.8) is 0 Å². The summed E-state index contributed by atoms with van der Waals surface area (Å²) in [5, 5.41) is 8.16. The second-order valence-electron chi connectivity index (χ2n) is 4.72. The van der Waals surface area contributed by atoms with Crippen LogP contribution < -0.4 is 9.64 Å². The molecule has 0 aliphatic carbocycles. The van der Waals surface area contributed by atoms with Crippen LogP contribution in [0.4, 0.5) is 6.01 Å². The summed E-state index contributed by atoms with van der Waals surface area (Å²) in [4.78, 5) is 6.38. The van der Waals surface area contributed by atoms with Crippen LogP contribution in [-0.4, -0.2) is 48.6 Å². The number of aromatic nitrogens is 3. The van der Waals surface area contributed by atoms with Crippen LogP contribution in [0.1, 0.15) is 12.5 Å². The number of pyridine rings is 1. The molecular weight excluding hydrogens is 272 g/mol. The number of nitrogens with zero attached hydrogens (tertiary/aromatic N) is 4. The smallest absolute Gasteiger partial charge is 0.318 e. The maximum atomic E-state index is 5.71. The van der Waals surface area contributed by atoms with E-state index in [2.05, 4.69) is 22.1 Å². The van der Waals surface area contributed by atoms with Crippen molar-refractivity contribution < 1.29 is 13.9 Å². The topological polar surface area (TPSA) is 73.5 Å². The number of rotatable bonds is 4. The maximum Gasteiger partial charge on any atom is 0.318 e. The zero-order chi connectivity index (χ0) is 14.7. The summed E-state index contributed by atoms with van der Waals surface area (Å²) < 4.78 is 16.4. The lowest BCUT2D eigenvalue weighted by atomic mass is 10.2. The largest absolute Gasteiger partial charge is 0.496 e. The Morgan fingerprint density at radius 2 is 2.10 bits per heavy atom. The third-order valence-corrected chi connectivity index (χ3v) is 3.46. The number of aryl methyl sites for hydroxylation is 1. The Morgan fingerprint density at radius 1 is 1.29 bits per heavy atom. The van der Waals surface area contributed by atoms with E-state index >= 15 is 0 Å². The van der Waals surface area contributed by atoms with Gasteiger partial charge in [-0.1, -0.05) is 12.0 Å². The van der Waals surface area contributed by atoms with Gasteiger partial charge in [-0.15, -0.1) is 5.10 Å². The number of anilines is 1. The molecular formula is C14H18N4O3. The lowest BCUT2D eigenvalue weighted by molar-refractivity contribution is 0.120. The molecule has 0 bridgehead atoms. The van der Waals surface area contributed by atoms with Crippen molar-refractivity contribution in [2.75, 3.05) is 38.3 Å². The van der Waals surface area contributed by atoms with E-state index in [-0.39, 0.29) is 0 Å². The van der Waals surface area contributed by atoms with E-state index in [4.69, 9.17) is 13.9 Å². The molecule has 3 heterocycles. The Kier molecular flexibility index (Phi) is 4.01. The molecule has 1 aliphatic rings. The number of ether oxygens (including phenoxy) is 2. The Labute approximate surface area is 122 Å². The molecule has 0 aromatic carbocycles. The quantitative estimate of drug-likeness (QED) is 0.845. The first kappa shape index (κ1) is 13.8. The molecule has 1 saturated heterocycles. The van der Waals surface area contributed by atoms with E-state index in [9.17, 15) is 0 Å². The monoisotopic (exact) mass is 290 g/mol. The summed E-state index contributed by atoms with van der Waals surface area (Å²) in [6.07, 6.45) is 2.64. The van der Waals surface area contributed by atoms with Crippen LogP contribution in [0.3, 0.4) is 0 Å². The minimum absolute atomic E-state index is 0.400. The highest BCUT2D eigenvalue weighted by atomic mass is 16.5. The number of hydrogen-bond acceptors (Lipinski definition) is 7. The first-order valence-corrected chi connectivity index (χ1v) is 7.01. The average Bonchev–Trinajstić information content (AvgIpc) is 3.05. The third kappa shape index (κ3) is 2.82. The highest BCUT2D eigenvalue weighted by Gasteiger charge is 2.19. The predicted molar refractivity (Wildman–Crippen MR) is 76.5 cm³/mol. The van der Waals surface area contributed by atoms with E-state index in [0.29, 0.717) is 30.8 Å². The van der Waals surface area contributed by atoms with Crippen molar-refractivity contribution in [1.82, 2.24) is 15.2 Å². The van der Waals surface area contributed by atoms with E-state index < -0.39 is 0 Å². The minimum Gasteiger partial charge on any atom is -0.496 e. The molecule has 0 radical (unpaired) electrons. The third-order valence-electron chi connectivity index (χ3n) is 3.46. The summed E-state index contributed by atoms with van der Waals surface area (Å²) in [6, 6.07) is 2.34. The van der Waals surface area contributed by atoms with E-state index in [1.165, 1.54) is 0 Å². The standard InChI is InChI=1S/C14H18N4O3/c1-3-10-9-15-11(8-12(10)19-2)13-16-17-14(21-13)18-4-6-20-7-5-18/h8-9H,3-7H2,1-2H3. The van der Waals surface area contributed by atoms with Crippen LogP contribution in [-0.2, 0) is 11.2 Å². The van der Waals surface area contributed by atoms with Gasteiger partial charge in [0.15, 0.2) is 0 Å². The Balaban J connectivity index is 1.85. The Hall–Kier alpha value is -2.15. The first-order valence-electron chi connectivity index (χ1n) is 7.01. The maximum absolute atomic E-state index is 5.71. The van der Waals surface area contributed by atoms with Gasteiger partial charge >= 0.3 is 6.01 Å². The molecule has 3 rings (SSSR count). The average molecular weight is 290 g/mol.